The number of ether oxygens (including phenoxy) is 1. The Morgan fingerprint density at radius 1 is 1.29 bits per heavy atom. The van der Waals surface area contributed by atoms with Crippen molar-refractivity contribution >= 4 is 29.1 Å². The average molecular weight is 588 g/mol. The molecule has 2 aromatic carbocycles. The Hall–Kier alpha value is -4.27. The van der Waals surface area contributed by atoms with Crippen LogP contribution in [-0.2, 0) is 22.7 Å². The standard InChI is InChI=1S/C31H33N5O5S/c1-17(2)27(36-14-22-7-5-6-20(12-32)26(22)30(36)39)31(40)35-15-23(37)11-24(35)29(38)33-13-21-9-8-19(10-25(21)41-4)28-18(3)34-16-42-28/h5-10,16-17,23-24,27,37H,11,13-15H2,1-4H3,(H,33,38)/t23-,24+,27?/m1/s1. The second-order valence-electron chi connectivity index (χ2n) is 11.0. The molecule has 3 heterocycles. The maximum atomic E-state index is 14.0. The number of carbonyl (C=O) groups excluding carboxylic acids is 3. The first-order valence-electron chi connectivity index (χ1n) is 13.8. The molecule has 3 amide bonds. The van der Waals surface area contributed by atoms with Gasteiger partial charge < -0.3 is 25.0 Å². The molecular formula is C31H33N5O5S. The second kappa shape index (κ2) is 11.9. The molecular weight excluding hydrogens is 554 g/mol. The van der Waals surface area contributed by atoms with Crippen LogP contribution in [0.25, 0.3) is 10.4 Å². The number of nitriles is 1. The summed E-state index contributed by atoms with van der Waals surface area (Å²) < 4.78 is 5.60. The molecule has 42 heavy (non-hydrogen) atoms. The number of rotatable bonds is 8. The average Bonchev–Trinajstić information content (AvgIpc) is 3.68. The van der Waals surface area contributed by atoms with Crippen LogP contribution in [0.4, 0.5) is 0 Å². The lowest BCUT2D eigenvalue weighted by molar-refractivity contribution is -0.143. The van der Waals surface area contributed by atoms with E-state index in [1.165, 1.54) is 9.80 Å². The third kappa shape index (κ3) is 5.35. The van der Waals surface area contributed by atoms with Gasteiger partial charge in [-0.15, -0.1) is 11.3 Å². The van der Waals surface area contributed by atoms with Crippen molar-refractivity contribution in [3.8, 4) is 22.3 Å². The van der Waals surface area contributed by atoms with Crippen LogP contribution in [0.2, 0.25) is 0 Å². The van der Waals surface area contributed by atoms with Gasteiger partial charge >= 0.3 is 0 Å². The highest BCUT2D eigenvalue weighted by Crippen LogP contribution is 2.33. The number of thiazole rings is 1. The van der Waals surface area contributed by atoms with Crippen molar-refractivity contribution in [2.45, 2.75) is 58.5 Å². The SMILES string of the molecule is COc1cc(-c2scnc2C)ccc1CNC(=O)[C@@H]1C[C@@H](O)CN1C(=O)C(C(C)C)N1Cc2cccc(C#N)c2C1=O. The van der Waals surface area contributed by atoms with E-state index in [9.17, 15) is 24.8 Å². The predicted octanol–water partition coefficient (Wildman–Crippen LogP) is 3.26. The van der Waals surface area contributed by atoms with Gasteiger partial charge in [-0.25, -0.2) is 4.98 Å². The lowest BCUT2D eigenvalue weighted by Crippen LogP contribution is -2.55. The lowest BCUT2D eigenvalue weighted by Gasteiger charge is -2.35. The van der Waals surface area contributed by atoms with Crippen molar-refractivity contribution in [1.82, 2.24) is 20.1 Å². The van der Waals surface area contributed by atoms with Crippen LogP contribution in [-0.4, -0.2) is 69.5 Å². The third-order valence-electron chi connectivity index (χ3n) is 7.92. The molecule has 1 saturated heterocycles. The molecule has 0 saturated carbocycles. The Morgan fingerprint density at radius 3 is 2.74 bits per heavy atom. The normalized spacial score (nSPS) is 18.6. The molecule has 1 fully saturated rings. The number of aryl methyl sites for hydroxylation is 1. The quantitative estimate of drug-likeness (QED) is 0.413. The molecule has 5 rings (SSSR count). The minimum absolute atomic E-state index is 0.00914. The highest BCUT2D eigenvalue weighted by atomic mass is 32.1. The monoisotopic (exact) mass is 587 g/mol. The Morgan fingerprint density at radius 2 is 2.07 bits per heavy atom. The first kappa shape index (κ1) is 29.2. The molecule has 11 heteroatoms. The number of β-amino-alcohol motifs (C(OH)–C–C–N with tert-alkyl or cyclic N) is 1. The highest BCUT2D eigenvalue weighted by Gasteiger charge is 2.46. The van der Waals surface area contributed by atoms with E-state index in [0.29, 0.717) is 16.9 Å². The fourth-order valence-electron chi connectivity index (χ4n) is 5.87. The van der Waals surface area contributed by atoms with Crippen LogP contribution in [0.15, 0.2) is 41.9 Å². The van der Waals surface area contributed by atoms with E-state index in [1.807, 2.05) is 39.0 Å². The van der Waals surface area contributed by atoms with Crippen LogP contribution in [0.1, 0.15) is 53.0 Å². The molecule has 10 nitrogen and oxygen atoms in total. The molecule has 0 radical (unpaired) electrons. The van der Waals surface area contributed by atoms with E-state index in [2.05, 4.69) is 16.4 Å². The molecule has 218 valence electrons. The van der Waals surface area contributed by atoms with E-state index in [-0.39, 0.29) is 43.4 Å². The molecule has 1 aromatic heterocycles. The minimum atomic E-state index is -0.895. The summed E-state index contributed by atoms with van der Waals surface area (Å²) in [6, 6.07) is 11.2. The molecule has 2 aliphatic rings. The Balaban J connectivity index is 1.32. The molecule has 0 bridgehead atoms. The van der Waals surface area contributed by atoms with Crippen molar-refractivity contribution < 1.29 is 24.2 Å². The number of aliphatic hydroxyl groups excluding tert-OH is 1. The maximum absolute atomic E-state index is 14.0. The van der Waals surface area contributed by atoms with Gasteiger partial charge in [-0.05, 0) is 36.1 Å². The van der Waals surface area contributed by atoms with Crippen molar-refractivity contribution in [1.29, 1.82) is 5.26 Å². The topological polar surface area (TPSA) is 136 Å². The maximum Gasteiger partial charge on any atom is 0.256 e. The summed E-state index contributed by atoms with van der Waals surface area (Å²) >= 11 is 1.54. The van der Waals surface area contributed by atoms with Crippen molar-refractivity contribution in [2.24, 2.45) is 5.92 Å². The largest absolute Gasteiger partial charge is 0.496 e. The van der Waals surface area contributed by atoms with E-state index in [0.717, 1.165) is 21.7 Å². The van der Waals surface area contributed by atoms with Gasteiger partial charge in [-0.3, -0.25) is 14.4 Å². The van der Waals surface area contributed by atoms with Crippen LogP contribution in [0.5, 0.6) is 5.75 Å². The number of hydrogen-bond acceptors (Lipinski definition) is 8. The number of aromatic nitrogens is 1. The van der Waals surface area contributed by atoms with Crippen LogP contribution < -0.4 is 10.1 Å². The fraction of sp³-hybridized carbons (Fsp3) is 0.387. The zero-order valence-electron chi connectivity index (χ0n) is 24.0. The summed E-state index contributed by atoms with van der Waals surface area (Å²) in [5.41, 5.74) is 5.74. The molecule has 1 unspecified atom stereocenters. The zero-order valence-corrected chi connectivity index (χ0v) is 24.8. The number of carbonyl (C=O) groups is 3. The fourth-order valence-corrected chi connectivity index (χ4v) is 6.67. The first-order chi connectivity index (χ1) is 20.1. The van der Waals surface area contributed by atoms with Gasteiger partial charge in [0.2, 0.25) is 11.8 Å². The second-order valence-corrected chi connectivity index (χ2v) is 11.8. The van der Waals surface area contributed by atoms with Gasteiger partial charge in [0.25, 0.3) is 5.91 Å². The van der Waals surface area contributed by atoms with E-state index < -0.39 is 30.0 Å². The van der Waals surface area contributed by atoms with Crippen molar-refractivity contribution in [2.75, 3.05) is 13.7 Å². The summed E-state index contributed by atoms with van der Waals surface area (Å²) in [5, 5.41) is 22.9. The highest BCUT2D eigenvalue weighted by molar-refractivity contribution is 7.13. The van der Waals surface area contributed by atoms with Gasteiger partial charge in [0, 0.05) is 31.6 Å². The Kier molecular flexibility index (Phi) is 8.29. The molecule has 2 N–H and O–H groups in total. The Bertz CT molecular complexity index is 1580. The summed E-state index contributed by atoms with van der Waals surface area (Å²) in [6.07, 6.45) is -0.777. The number of benzene rings is 2. The summed E-state index contributed by atoms with van der Waals surface area (Å²) in [6.45, 7) is 5.99. The molecule has 3 aromatic rings. The van der Waals surface area contributed by atoms with Gasteiger partial charge in [-0.1, -0.05) is 38.1 Å². The third-order valence-corrected chi connectivity index (χ3v) is 8.90. The van der Waals surface area contributed by atoms with Gasteiger partial charge in [0.15, 0.2) is 0 Å². The van der Waals surface area contributed by atoms with Gasteiger partial charge in [0.05, 0.1) is 46.5 Å². The number of likely N-dealkylation sites (tertiary alicyclic amines) is 1. The lowest BCUT2D eigenvalue weighted by atomic mass is 10.00. The predicted molar refractivity (Wildman–Crippen MR) is 156 cm³/mol. The number of fused-ring (bicyclic) bond motifs is 1. The van der Waals surface area contributed by atoms with E-state index in [4.69, 9.17) is 4.74 Å². The summed E-state index contributed by atoms with van der Waals surface area (Å²) in [4.78, 5) is 49.1. The number of hydrogen-bond donors (Lipinski definition) is 2. The molecule has 3 atom stereocenters. The van der Waals surface area contributed by atoms with E-state index >= 15 is 0 Å². The summed E-state index contributed by atoms with van der Waals surface area (Å²) in [5.74, 6) is -0.826. The molecule has 0 aliphatic carbocycles. The zero-order chi connectivity index (χ0) is 30.1. The minimum Gasteiger partial charge on any atom is -0.496 e. The Labute approximate surface area is 248 Å². The van der Waals surface area contributed by atoms with Crippen molar-refractivity contribution in [3.63, 3.8) is 0 Å². The number of methoxy groups -OCH3 is 1. The summed E-state index contributed by atoms with van der Waals surface area (Å²) in [7, 11) is 1.57. The number of aliphatic hydroxyl groups is 1. The number of nitrogens with one attached hydrogen (secondary N) is 1. The van der Waals surface area contributed by atoms with Crippen LogP contribution in [0, 0.1) is 24.2 Å². The van der Waals surface area contributed by atoms with Gasteiger partial charge in [-0.2, -0.15) is 5.26 Å². The smallest absolute Gasteiger partial charge is 0.256 e. The van der Waals surface area contributed by atoms with Gasteiger partial charge in [0.1, 0.15) is 17.8 Å². The molecule has 2 aliphatic heterocycles. The van der Waals surface area contributed by atoms with E-state index in [1.54, 1.807) is 42.2 Å². The van der Waals surface area contributed by atoms with Crippen LogP contribution >= 0.6 is 11.3 Å². The first-order valence-corrected chi connectivity index (χ1v) is 14.7. The van der Waals surface area contributed by atoms with Crippen molar-refractivity contribution in [3.05, 3.63) is 69.9 Å². The number of nitrogens with zero attached hydrogens (tertiary/aromatic N) is 4. The van der Waals surface area contributed by atoms with Crippen LogP contribution in [0.3, 0.4) is 0 Å². The molecule has 0 spiro atoms. The number of amides is 3.